The fraction of sp³-hybridized carbons (Fsp3) is 0.786. The summed E-state index contributed by atoms with van der Waals surface area (Å²) < 4.78 is 28.7. The van der Waals surface area contributed by atoms with Crippen molar-refractivity contribution in [1.82, 2.24) is 0 Å². The summed E-state index contributed by atoms with van der Waals surface area (Å²) in [5, 5.41) is 13.9. The molecule has 0 aromatic heterocycles. The Kier molecular flexibility index (Phi) is 18.5. The number of rotatable bonds is 10. The molecule has 0 spiro atoms. The summed E-state index contributed by atoms with van der Waals surface area (Å²) in [4.78, 5) is 20.0. The van der Waals surface area contributed by atoms with Gasteiger partial charge < -0.3 is 16.1 Å². The van der Waals surface area contributed by atoms with E-state index in [1.807, 2.05) is 0 Å². The topological polar surface area (TPSA) is 129 Å². The van der Waals surface area contributed by atoms with Crippen LogP contribution in [0, 0.1) is 5.92 Å². The molecule has 7 nitrogen and oxygen atoms in total. The normalized spacial score (nSPS) is 11.9. The van der Waals surface area contributed by atoms with Gasteiger partial charge >= 0.3 is 41.5 Å². The van der Waals surface area contributed by atoms with E-state index in [9.17, 15) is 18.0 Å². The summed E-state index contributed by atoms with van der Waals surface area (Å²) >= 11 is 0. The van der Waals surface area contributed by atoms with Gasteiger partial charge in [-0.05, 0) is 0 Å². The first-order chi connectivity index (χ1) is 10.1. The first kappa shape index (κ1) is 27.7. The molecule has 0 radical (unpaired) electrons. The molecule has 132 valence electrons. The minimum absolute atomic E-state index is 0. The quantitative estimate of drug-likeness (QED) is 0.212. The Labute approximate surface area is 160 Å². The van der Waals surface area contributed by atoms with Gasteiger partial charge in [-0.3, -0.25) is 14.1 Å². The van der Waals surface area contributed by atoms with E-state index >= 15 is 0 Å². The van der Waals surface area contributed by atoms with Gasteiger partial charge in [0, 0.05) is 0 Å². The molecule has 0 aliphatic heterocycles. The maximum atomic E-state index is 10.2. The predicted octanol–water partition coefficient (Wildman–Crippen LogP) is -0.233. The van der Waals surface area contributed by atoms with E-state index in [0.29, 0.717) is 0 Å². The summed E-state index contributed by atoms with van der Waals surface area (Å²) in [6, 6.07) is 0. The predicted molar refractivity (Wildman–Crippen MR) is 83.2 cm³/mol. The van der Waals surface area contributed by atoms with Crippen molar-refractivity contribution in [2.45, 2.75) is 71.0 Å². The molecule has 1 unspecified atom stereocenters. The van der Waals surface area contributed by atoms with E-state index in [-0.39, 0.29) is 29.6 Å². The van der Waals surface area contributed by atoms with Crippen LogP contribution >= 0.6 is 0 Å². The number of unbranched alkanes of at least 4 members (excludes halogenated alkanes) is 2. The minimum atomic E-state index is -4.84. The zero-order valence-corrected chi connectivity index (χ0v) is 17.2. The van der Waals surface area contributed by atoms with Crippen LogP contribution in [0.4, 0.5) is 0 Å². The SMILES string of the molecule is CCCCC[C-](CC)CC.O=C(O)CC(C(=O)O)S(=O)(=O)O.[Na+]. The molecule has 0 aromatic rings. The molecular weight excluding hydrogens is 335 g/mol. The molecular formula is C14H27NaO7S. The van der Waals surface area contributed by atoms with Gasteiger partial charge in [0.05, 0.1) is 6.42 Å². The van der Waals surface area contributed by atoms with Gasteiger partial charge in [0.15, 0.2) is 5.25 Å². The van der Waals surface area contributed by atoms with Crippen molar-refractivity contribution in [3.05, 3.63) is 5.92 Å². The van der Waals surface area contributed by atoms with Gasteiger partial charge in [-0.25, -0.2) is 0 Å². The van der Waals surface area contributed by atoms with E-state index in [1.54, 1.807) is 5.92 Å². The van der Waals surface area contributed by atoms with Crippen molar-refractivity contribution in [3.63, 3.8) is 0 Å². The van der Waals surface area contributed by atoms with Crippen LogP contribution in [-0.4, -0.2) is 40.4 Å². The van der Waals surface area contributed by atoms with Gasteiger partial charge in [-0.1, -0.05) is 40.0 Å². The van der Waals surface area contributed by atoms with E-state index in [2.05, 4.69) is 20.8 Å². The third-order valence-electron chi connectivity index (χ3n) is 3.13. The van der Waals surface area contributed by atoms with Crippen molar-refractivity contribution in [2.75, 3.05) is 0 Å². The maximum absolute atomic E-state index is 10.2. The van der Waals surface area contributed by atoms with Crippen LogP contribution in [0.25, 0.3) is 0 Å². The fourth-order valence-corrected chi connectivity index (χ4v) is 2.32. The van der Waals surface area contributed by atoms with Gasteiger partial charge in [0.1, 0.15) is 0 Å². The van der Waals surface area contributed by atoms with Gasteiger partial charge in [0.25, 0.3) is 10.1 Å². The van der Waals surface area contributed by atoms with Crippen molar-refractivity contribution in [3.8, 4) is 0 Å². The molecule has 0 aliphatic carbocycles. The van der Waals surface area contributed by atoms with Gasteiger partial charge in [-0.2, -0.15) is 27.7 Å². The van der Waals surface area contributed by atoms with Crippen molar-refractivity contribution < 1.29 is 62.3 Å². The maximum Gasteiger partial charge on any atom is 1.00 e. The molecule has 0 amide bonds. The van der Waals surface area contributed by atoms with Crippen molar-refractivity contribution in [1.29, 1.82) is 0 Å². The van der Waals surface area contributed by atoms with Crippen LogP contribution in [0.15, 0.2) is 0 Å². The largest absolute Gasteiger partial charge is 1.00 e. The Morgan fingerprint density at radius 2 is 1.52 bits per heavy atom. The Morgan fingerprint density at radius 3 is 1.74 bits per heavy atom. The molecule has 9 heteroatoms. The molecule has 0 bridgehead atoms. The minimum Gasteiger partial charge on any atom is -0.481 e. The average Bonchev–Trinajstić information content (AvgIpc) is 2.40. The number of carboxylic acids is 2. The zero-order valence-electron chi connectivity index (χ0n) is 14.4. The van der Waals surface area contributed by atoms with Gasteiger partial charge in [-0.15, -0.1) is 0 Å². The van der Waals surface area contributed by atoms with Crippen LogP contribution in [0.2, 0.25) is 0 Å². The van der Waals surface area contributed by atoms with Crippen LogP contribution in [0.3, 0.4) is 0 Å². The first-order valence-electron chi connectivity index (χ1n) is 7.34. The molecule has 0 heterocycles. The summed E-state index contributed by atoms with van der Waals surface area (Å²) in [5.41, 5.74) is 0. The van der Waals surface area contributed by atoms with E-state index in [1.165, 1.54) is 38.5 Å². The zero-order chi connectivity index (χ0) is 17.8. The van der Waals surface area contributed by atoms with Crippen molar-refractivity contribution in [2.24, 2.45) is 0 Å². The number of carboxylic acid groups (broad SMARTS) is 2. The smallest absolute Gasteiger partial charge is 0.481 e. The Morgan fingerprint density at radius 1 is 1.04 bits per heavy atom. The number of carbonyl (C=O) groups is 2. The summed E-state index contributed by atoms with van der Waals surface area (Å²) in [7, 11) is -4.84. The summed E-state index contributed by atoms with van der Waals surface area (Å²) in [6.07, 6.45) is 6.97. The Hall–Kier alpha value is -0.150. The summed E-state index contributed by atoms with van der Waals surface area (Å²) in [5.74, 6) is -1.76. The molecule has 0 saturated heterocycles. The monoisotopic (exact) mass is 362 g/mol. The van der Waals surface area contributed by atoms with Gasteiger partial charge in [0.2, 0.25) is 0 Å². The van der Waals surface area contributed by atoms with Crippen LogP contribution in [0.5, 0.6) is 0 Å². The molecule has 1 atom stereocenters. The molecule has 0 aromatic carbocycles. The number of aliphatic carboxylic acids is 2. The number of hydrogen-bond donors (Lipinski definition) is 3. The van der Waals surface area contributed by atoms with Crippen LogP contribution in [-0.2, 0) is 19.7 Å². The first-order valence-corrected chi connectivity index (χ1v) is 8.84. The molecule has 3 N–H and O–H groups in total. The number of hydrogen-bond acceptors (Lipinski definition) is 4. The second-order valence-corrected chi connectivity index (χ2v) is 6.45. The molecule has 0 rings (SSSR count). The second-order valence-electron chi connectivity index (χ2n) is 4.85. The van der Waals surface area contributed by atoms with Crippen LogP contribution in [0.1, 0.15) is 65.7 Å². The van der Waals surface area contributed by atoms with Crippen molar-refractivity contribution >= 4 is 22.1 Å². The molecule has 0 fully saturated rings. The van der Waals surface area contributed by atoms with E-state index < -0.39 is 33.7 Å². The standard InChI is InChI=1S/C10H21.C4H6O7S.Na/c1-4-7-8-9-10(5-2)6-3;5-3(6)1-2(4(7)8)12(9,10)11;/h4-9H2,1-3H3;2H,1H2,(H,5,6)(H,7,8)(H,9,10,11);/q-1;;+1. The Balaban J connectivity index is -0.000000338. The van der Waals surface area contributed by atoms with E-state index in [4.69, 9.17) is 14.8 Å². The third kappa shape index (κ3) is 16.5. The second kappa shape index (κ2) is 15.4. The molecule has 0 aliphatic rings. The molecule has 0 saturated carbocycles. The summed E-state index contributed by atoms with van der Waals surface area (Å²) in [6.45, 7) is 6.80. The Bertz CT molecular complexity index is 419. The third-order valence-corrected chi connectivity index (χ3v) is 4.22. The van der Waals surface area contributed by atoms with E-state index in [0.717, 1.165) is 0 Å². The molecule has 23 heavy (non-hydrogen) atoms. The van der Waals surface area contributed by atoms with Crippen LogP contribution < -0.4 is 29.6 Å². The fourth-order valence-electron chi connectivity index (χ4n) is 1.71. The average molecular weight is 362 g/mol.